The zero-order valence-electron chi connectivity index (χ0n) is 9.02. The van der Waals surface area contributed by atoms with Gasteiger partial charge in [0.1, 0.15) is 5.82 Å². The Morgan fingerprint density at radius 3 is 2.67 bits per heavy atom. The van der Waals surface area contributed by atoms with Gasteiger partial charge in [0.05, 0.1) is 15.4 Å². The second-order valence-electron chi connectivity index (χ2n) is 3.69. The minimum atomic E-state index is 0.427. The van der Waals surface area contributed by atoms with E-state index in [0.29, 0.717) is 21.7 Å². The Labute approximate surface area is 117 Å². The first-order chi connectivity index (χ1) is 8.65. The predicted octanol–water partition coefficient (Wildman–Crippen LogP) is 4.25. The molecular weight excluding hydrogens is 289 g/mol. The topological polar surface area (TPSA) is 51.8 Å². The number of thiophene rings is 1. The van der Waals surface area contributed by atoms with Crippen LogP contribution in [0.25, 0.3) is 21.6 Å². The molecule has 2 N–H and O–H groups in total. The standard InChI is InChI=1S/C12H7Cl2N3S/c13-6-1-2-7-9(5-6)16-12(17-11(7)15)10-8(14)3-4-18-10/h1-5H,(H2,15,16,17). The van der Waals surface area contributed by atoms with Crippen LogP contribution in [0, 0.1) is 0 Å². The molecule has 18 heavy (non-hydrogen) atoms. The fourth-order valence-electron chi connectivity index (χ4n) is 1.68. The van der Waals surface area contributed by atoms with Crippen LogP contribution in [0.1, 0.15) is 0 Å². The lowest BCUT2D eigenvalue weighted by atomic mass is 10.2. The number of halogens is 2. The lowest BCUT2D eigenvalue weighted by Gasteiger charge is -2.04. The zero-order chi connectivity index (χ0) is 12.7. The van der Waals surface area contributed by atoms with Crippen molar-refractivity contribution in [3.63, 3.8) is 0 Å². The molecule has 0 bridgehead atoms. The molecule has 0 aliphatic rings. The minimum Gasteiger partial charge on any atom is -0.383 e. The van der Waals surface area contributed by atoms with Gasteiger partial charge in [0, 0.05) is 10.4 Å². The van der Waals surface area contributed by atoms with E-state index in [1.807, 2.05) is 17.5 Å². The van der Waals surface area contributed by atoms with E-state index in [1.165, 1.54) is 11.3 Å². The van der Waals surface area contributed by atoms with E-state index in [4.69, 9.17) is 28.9 Å². The summed E-state index contributed by atoms with van der Waals surface area (Å²) in [5.41, 5.74) is 6.65. The first-order valence-corrected chi connectivity index (χ1v) is 6.75. The maximum absolute atomic E-state index is 6.07. The van der Waals surface area contributed by atoms with Crippen molar-refractivity contribution >= 4 is 51.3 Å². The molecule has 3 rings (SSSR count). The number of aromatic nitrogens is 2. The van der Waals surface area contributed by atoms with Gasteiger partial charge >= 0.3 is 0 Å². The van der Waals surface area contributed by atoms with Crippen LogP contribution in [-0.2, 0) is 0 Å². The zero-order valence-corrected chi connectivity index (χ0v) is 11.4. The van der Waals surface area contributed by atoms with Gasteiger partial charge in [-0.15, -0.1) is 11.3 Å². The van der Waals surface area contributed by atoms with Gasteiger partial charge in [-0.3, -0.25) is 0 Å². The quantitative estimate of drug-likeness (QED) is 0.730. The Kier molecular flexibility index (Phi) is 2.86. The monoisotopic (exact) mass is 295 g/mol. The molecule has 0 radical (unpaired) electrons. The smallest absolute Gasteiger partial charge is 0.173 e. The molecule has 0 fully saturated rings. The second kappa shape index (κ2) is 4.39. The van der Waals surface area contributed by atoms with Gasteiger partial charge in [0.2, 0.25) is 0 Å². The molecule has 2 aromatic heterocycles. The molecule has 0 aliphatic carbocycles. The summed E-state index contributed by atoms with van der Waals surface area (Å²) in [6, 6.07) is 7.15. The van der Waals surface area contributed by atoms with E-state index in [9.17, 15) is 0 Å². The molecule has 0 unspecified atom stereocenters. The number of nitrogens with two attached hydrogens (primary N) is 1. The maximum atomic E-state index is 6.07. The van der Waals surface area contributed by atoms with Gasteiger partial charge in [-0.1, -0.05) is 23.2 Å². The summed E-state index contributed by atoms with van der Waals surface area (Å²) in [6.07, 6.45) is 0. The summed E-state index contributed by atoms with van der Waals surface area (Å²) in [5.74, 6) is 0.957. The lowest BCUT2D eigenvalue weighted by Crippen LogP contribution is -1.97. The van der Waals surface area contributed by atoms with Gasteiger partial charge in [0.25, 0.3) is 0 Å². The van der Waals surface area contributed by atoms with Crippen LogP contribution in [0.3, 0.4) is 0 Å². The molecule has 0 saturated heterocycles. The fraction of sp³-hybridized carbons (Fsp3) is 0. The molecule has 0 atom stereocenters. The van der Waals surface area contributed by atoms with E-state index in [-0.39, 0.29) is 0 Å². The number of hydrogen-bond donors (Lipinski definition) is 1. The largest absolute Gasteiger partial charge is 0.383 e. The van der Waals surface area contributed by atoms with Crippen molar-refractivity contribution in [3.05, 3.63) is 39.7 Å². The first-order valence-electron chi connectivity index (χ1n) is 5.11. The average Bonchev–Trinajstić information content (AvgIpc) is 2.74. The number of fused-ring (bicyclic) bond motifs is 1. The highest BCUT2D eigenvalue weighted by atomic mass is 35.5. The number of anilines is 1. The highest BCUT2D eigenvalue weighted by molar-refractivity contribution is 7.14. The molecular formula is C12H7Cl2N3S. The molecule has 0 aliphatic heterocycles. The average molecular weight is 296 g/mol. The van der Waals surface area contributed by atoms with Gasteiger partial charge in [-0.2, -0.15) is 0 Å². The predicted molar refractivity (Wildman–Crippen MR) is 77.3 cm³/mol. The van der Waals surface area contributed by atoms with Crippen molar-refractivity contribution in [3.8, 4) is 10.7 Å². The highest BCUT2D eigenvalue weighted by Gasteiger charge is 2.11. The van der Waals surface area contributed by atoms with Crippen LogP contribution in [-0.4, -0.2) is 9.97 Å². The van der Waals surface area contributed by atoms with Gasteiger partial charge in [-0.05, 0) is 29.6 Å². The first kappa shape index (κ1) is 11.7. The molecule has 0 amide bonds. The molecule has 3 aromatic rings. The summed E-state index contributed by atoms with van der Waals surface area (Å²) < 4.78 is 0. The normalized spacial score (nSPS) is 11.0. The fourth-order valence-corrected chi connectivity index (χ4v) is 2.92. The molecule has 0 spiro atoms. The van der Waals surface area contributed by atoms with Crippen LogP contribution >= 0.6 is 34.5 Å². The van der Waals surface area contributed by atoms with E-state index in [1.54, 1.807) is 12.1 Å². The number of benzene rings is 1. The molecule has 3 nitrogen and oxygen atoms in total. The van der Waals surface area contributed by atoms with Crippen LogP contribution in [0.4, 0.5) is 5.82 Å². The molecule has 1 aromatic carbocycles. The minimum absolute atomic E-state index is 0.427. The second-order valence-corrected chi connectivity index (χ2v) is 5.45. The molecule has 2 heterocycles. The van der Waals surface area contributed by atoms with Crippen molar-refractivity contribution in [1.29, 1.82) is 0 Å². The molecule has 0 saturated carbocycles. The van der Waals surface area contributed by atoms with Crippen molar-refractivity contribution in [2.75, 3.05) is 5.73 Å². The Morgan fingerprint density at radius 1 is 1.11 bits per heavy atom. The summed E-state index contributed by atoms with van der Waals surface area (Å²) in [5, 5.41) is 3.92. The molecule has 6 heteroatoms. The summed E-state index contributed by atoms with van der Waals surface area (Å²) in [4.78, 5) is 9.54. The van der Waals surface area contributed by atoms with E-state index >= 15 is 0 Å². The third-order valence-electron chi connectivity index (χ3n) is 2.51. The lowest BCUT2D eigenvalue weighted by molar-refractivity contribution is 1.25. The third kappa shape index (κ3) is 1.92. The summed E-state index contributed by atoms with van der Waals surface area (Å²) >= 11 is 13.5. The number of nitrogen functional groups attached to an aromatic ring is 1. The van der Waals surface area contributed by atoms with E-state index < -0.39 is 0 Å². The Morgan fingerprint density at radius 2 is 1.94 bits per heavy atom. The van der Waals surface area contributed by atoms with Crippen molar-refractivity contribution in [2.45, 2.75) is 0 Å². The summed E-state index contributed by atoms with van der Waals surface area (Å²) in [6.45, 7) is 0. The summed E-state index contributed by atoms with van der Waals surface area (Å²) in [7, 11) is 0. The van der Waals surface area contributed by atoms with Crippen molar-refractivity contribution < 1.29 is 0 Å². The van der Waals surface area contributed by atoms with E-state index in [0.717, 1.165) is 15.8 Å². The Hall–Kier alpha value is -1.36. The molecule has 90 valence electrons. The Bertz CT molecular complexity index is 739. The number of rotatable bonds is 1. The van der Waals surface area contributed by atoms with Gasteiger partial charge in [0.15, 0.2) is 5.82 Å². The van der Waals surface area contributed by atoms with Crippen LogP contribution < -0.4 is 5.73 Å². The van der Waals surface area contributed by atoms with Gasteiger partial charge < -0.3 is 5.73 Å². The maximum Gasteiger partial charge on any atom is 0.173 e. The SMILES string of the molecule is Nc1nc(-c2sccc2Cl)nc2cc(Cl)ccc12. The van der Waals surface area contributed by atoms with Crippen LogP contribution in [0.2, 0.25) is 10.0 Å². The highest BCUT2D eigenvalue weighted by Crippen LogP contribution is 2.33. The van der Waals surface area contributed by atoms with Crippen molar-refractivity contribution in [1.82, 2.24) is 9.97 Å². The van der Waals surface area contributed by atoms with Gasteiger partial charge in [-0.25, -0.2) is 9.97 Å². The van der Waals surface area contributed by atoms with Crippen LogP contribution in [0.5, 0.6) is 0 Å². The Balaban J connectivity index is 2.30. The van der Waals surface area contributed by atoms with E-state index in [2.05, 4.69) is 9.97 Å². The number of nitrogens with zero attached hydrogens (tertiary/aromatic N) is 2. The third-order valence-corrected chi connectivity index (χ3v) is 4.08. The van der Waals surface area contributed by atoms with Crippen LogP contribution in [0.15, 0.2) is 29.6 Å². The number of hydrogen-bond acceptors (Lipinski definition) is 4. The van der Waals surface area contributed by atoms with Crippen molar-refractivity contribution in [2.24, 2.45) is 0 Å².